The maximum atomic E-state index is 14.2. The molecule has 2 amide bonds. The van der Waals surface area contributed by atoms with Crippen LogP contribution in [0.5, 0.6) is 0 Å². The summed E-state index contributed by atoms with van der Waals surface area (Å²) >= 11 is 0. The van der Waals surface area contributed by atoms with Crippen molar-refractivity contribution >= 4 is 17.5 Å². The van der Waals surface area contributed by atoms with E-state index in [1.165, 1.54) is 6.07 Å². The molecule has 1 aromatic carbocycles. The van der Waals surface area contributed by atoms with Gasteiger partial charge in [0.25, 0.3) is 5.91 Å². The highest BCUT2D eigenvalue weighted by atomic mass is 19.1. The van der Waals surface area contributed by atoms with E-state index in [2.05, 4.69) is 22.9 Å². The first-order valence-electron chi connectivity index (χ1n) is 7.68. The Labute approximate surface area is 128 Å². The summed E-state index contributed by atoms with van der Waals surface area (Å²) in [5.41, 5.74) is 1.34. The number of nitrogens with one attached hydrogen (secondary N) is 3. The van der Waals surface area contributed by atoms with Crippen LogP contribution in [0.25, 0.3) is 0 Å². The van der Waals surface area contributed by atoms with E-state index >= 15 is 0 Å². The molecule has 6 heteroatoms. The van der Waals surface area contributed by atoms with Crippen LogP contribution < -0.4 is 16.0 Å². The van der Waals surface area contributed by atoms with Gasteiger partial charge >= 0.3 is 0 Å². The van der Waals surface area contributed by atoms with Gasteiger partial charge in [-0.1, -0.05) is 6.92 Å². The molecule has 2 heterocycles. The summed E-state index contributed by atoms with van der Waals surface area (Å²) < 4.78 is 14.2. The largest absolute Gasteiger partial charge is 0.349 e. The number of hydrogen-bond acceptors (Lipinski definition) is 3. The van der Waals surface area contributed by atoms with E-state index < -0.39 is 5.82 Å². The molecule has 0 radical (unpaired) electrons. The lowest BCUT2D eigenvalue weighted by Crippen LogP contribution is -2.48. The highest BCUT2D eigenvalue weighted by Crippen LogP contribution is 2.26. The van der Waals surface area contributed by atoms with Gasteiger partial charge in [-0.2, -0.15) is 0 Å². The average molecular weight is 305 g/mol. The molecule has 5 nitrogen and oxygen atoms in total. The van der Waals surface area contributed by atoms with Crippen LogP contribution in [-0.2, 0) is 11.2 Å². The smallest absolute Gasteiger partial charge is 0.254 e. The minimum atomic E-state index is -0.597. The van der Waals surface area contributed by atoms with Crippen molar-refractivity contribution < 1.29 is 14.0 Å². The van der Waals surface area contributed by atoms with Crippen LogP contribution in [0.1, 0.15) is 35.7 Å². The Kier molecular flexibility index (Phi) is 4.11. The van der Waals surface area contributed by atoms with Crippen LogP contribution in [0.4, 0.5) is 10.1 Å². The summed E-state index contributed by atoms with van der Waals surface area (Å²) in [5.74, 6) is -0.777. The van der Waals surface area contributed by atoms with Crippen LogP contribution in [-0.4, -0.2) is 30.9 Å². The van der Waals surface area contributed by atoms with Crippen LogP contribution in [0, 0.1) is 11.7 Å². The Morgan fingerprint density at radius 1 is 1.36 bits per heavy atom. The van der Waals surface area contributed by atoms with Gasteiger partial charge < -0.3 is 16.0 Å². The van der Waals surface area contributed by atoms with Crippen molar-refractivity contribution in [2.45, 2.75) is 32.2 Å². The average Bonchev–Trinajstić information content (AvgIpc) is 2.48. The van der Waals surface area contributed by atoms with Crippen molar-refractivity contribution in [1.82, 2.24) is 10.6 Å². The van der Waals surface area contributed by atoms with E-state index in [0.717, 1.165) is 25.1 Å². The van der Waals surface area contributed by atoms with Crippen LogP contribution in [0.2, 0.25) is 0 Å². The molecule has 22 heavy (non-hydrogen) atoms. The molecule has 3 N–H and O–H groups in total. The van der Waals surface area contributed by atoms with Crippen LogP contribution >= 0.6 is 0 Å². The van der Waals surface area contributed by atoms with Crippen molar-refractivity contribution in [1.29, 1.82) is 0 Å². The van der Waals surface area contributed by atoms with Crippen LogP contribution in [0.3, 0.4) is 0 Å². The van der Waals surface area contributed by atoms with Crippen molar-refractivity contribution in [3.63, 3.8) is 0 Å². The van der Waals surface area contributed by atoms with Gasteiger partial charge in [0.15, 0.2) is 0 Å². The number of carbonyl (C=O) groups is 2. The number of hydrogen-bond donors (Lipinski definition) is 3. The zero-order chi connectivity index (χ0) is 15.7. The van der Waals surface area contributed by atoms with Gasteiger partial charge in [0, 0.05) is 18.2 Å². The Morgan fingerprint density at radius 2 is 2.18 bits per heavy atom. The first-order chi connectivity index (χ1) is 10.5. The third kappa shape index (κ3) is 2.97. The molecule has 3 rings (SSSR count). The fourth-order valence-electron chi connectivity index (χ4n) is 3.05. The van der Waals surface area contributed by atoms with Crippen molar-refractivity contribution in [2.75, 3.05) is 18.4 Å². The first-order valence-corrected chi connectivity index (χ1v) is 7.68. The van der Waals surface area contributed by atoms with Gasteiger partial charge in [0.2, 0.25) is 5.91 Å². The topological polar surface area (TPSA) is 70.2 Å². The molecule has 1 fully saturated rings. The third-order valence-electron chi connectivity index (χ3n) is 4.43. The van der Waals surface area contributed by atoms with E-state index in [9.17, 15) is 14.0 Å². The Balaban J connectivity index is 1.79. The molecule has 2 atom stereocenters. The molecule has 118 valence electrons. The standard InChI is InChI=1S/C16H20FN3O2/c1-9-8-18-5-4-13(9)20-16(22)11-6-10-2-3-15(21)19-14(10)7-12(11)17/h6-7,9,13,18H,2-5,8H2,1H3,(H,19,21)(H,20,22). The van der Waals surface area contributed by atoms with Gasteiger partial charge in [0.1, 0.15) is 5.82 Å². The van der Waals surface area contributed by atoms with E-state index in [1.807, 2.05) is 0 Å². The molecule has 2 aliphatic rings. The van der Waals surface area contributed by atoms with Gasteiger partial charge in [-0.05, 0) is 49.5 Å². The summed E-state index contributed by atoms with van der Waals surface area (Å²) in [7, 11) is 0. The van der Waals surface area contributed by atoms with E-state index in [-0.39, 0.29) is 23.4 Å². The number of benzene rings is 1. The summed E-state index contributed by atoms with van der Waals surface area (Å²) in [4.78, 5) is 23.7. The normalized spacial score (nSPS) is 24.4. The Hall–Kier alpha value is -1.95. The second kappa shape index (κ2) is 6.04. The number of fused-ring (bicyclic) bond motifs is 1. The fraction of sp³-hybridized carbons (Fsp3) is 0.500. The highest BCUT2D eigenvalue weighted by Gasteiger charge is 2.25. The molecule has 0 saturated carbocycles. The SMILES string of the molecule is CC1CNCCC1NC(=O)c1cc2c(cc1F)NC(=O)CC2. The molecule has 1 saturated heterocycles. The molecule has 0 aliphatic carbocycles. The predicted molar refractivity (Wildman–Crippen MR) is 81.3 cm³/mol. The summed E-state index contributed by atoms with van der Waals surface area (Å²) in [6.45, 7) is 3.77. The number of aryl methyl sites for hydroxylation is 1. The van der Waals surface area contributed by atoms with Gasteiger partial charge in [0.05, 0.1) is 5.56 Å². The maximum Gasteiger partial charge on any atom is 0.254 e. The van der Waals surface area contributed by atoms with Gasteiger partial charge in [-0.25, -0.2) is 4.39 Å². The number of halogens is 1. The summed E-state index contributed by atoms with van der Waals surface area (Å²) in [6, 6.07) is 2.86. The summed E-state index contributed by atoms with van der Waals surface area (Å²) in [6.07, 6.45) is 1.74. The molecular formula is C16H20FN3O2. The van der Waals surface area contributed by atoms with E-state index in [1.54, 1.807) is 6.07 Å². The molecule has 0 aromatic heterocycles. The van der Waals surface area contributed by atoms with Crippen molar-refractivity contribution in [2.24, 2.45) is 5.92 Å². The highest BCUT2D eigenvalue weighted by molar-refractivity contribution is 5.98. The number of rotatable bonds is 2. The molecule has 0 bridgehead atoms. The minimum Gasteiger partial charge on any atom is -0.349 e. The fourth-order valence-corrected chi connectivity index (χ4v) is 3.05. The number of piperidine rings is 1. The second-order valence-corrected chi connectivity index (χ2v) is 6.09. The lowest BCUT2D eigenvalue weighted by molar-refractivity contribution is -0.116. The number of anilines is 1. The van der Waals surface area contributed by atoms with Crippen molar-refractivity contribution in [3.8, 4) is 0 Å². The zero-order valence-corrected chi connectivity index (χ0v) is 12.5. The van der Waals surface area contributed by atoms with E-state index in [4.69, 9.17) is 0 Å². The quantitative estimate of drug-likeness (QED) is 0.774. The third-order valence-corrected chi connectivity index (χ3v) is 4.43. The minimum absolute atomic E-state index is 0.0561. The Morgan fingerprint density at radius 3 is 2.95 bits per heavy atom. The monoisotopic (exact) mass is 305 g/mol. The van der Waals surface area contributed by atoms with Crippen LogP contribution in [0.15, 0.2) is 12.1 Å². The van der Waals surface area contributed by atoms with Crippen molar-refractivity contribution in [3.05, 3.63) is 29.1 Å². The first kappa shape index (κ1) is 15.0. The molecule has 1 aromatic rings. The lowest BCUT2D eigenvalue weighted by atomic mass is 9.94. The number of amides is 2. The number of carbonyl (C=O) groups excluding carboxylic acids is 2. The molecular weight excluding hydrogens is 285 g/mol. The molecule has 2 aliphatic heterocycles. The molecule has 2 unspecified atom stereocenters. The molecule has 0 spiro atoms. The Bertz CT molecular complexity index is 618. The zero-order valence-electron chi connectivity index (χ0n) is 12.5. The second-order valence-electron chi connectivity index (χ2n) is 6.09. The van der Waals surface area contributed by atoms with Gasteiger partial charge in [-0.15, -0.1) is 0 Å². The lowest BCUT2D eigenvalue weighted by Gasteiger charge is -2.30. The summed E-state index contributed by atoms with van der Waals surface area (Å²) in [5, 5.41) is 8.84. The maximum absolute atomic E-state index is 14.2. The predicted octanol–water partition coefficient (Wildman–Crippen LogP) is 1.44. The van der Waals surface area contributed by atoms with E-state index in [0.29, 0.717) is 24.4 Å². The van der Waals surface area contributed by atoms with Gasteiger partial charge in [-0.3, -0.25) is 9.59 Å².